The van der Waals surface area contributed by atoms with Gasteiger partial charge in [0.2, 0.25) is 11.8 Å². The van der Waals surface area contributed by atoms with Crippen LogP contribution in [0.2, 0.25) is 0 Å². The van der Waals surface area contributed by atoms with Crippen LogP contribution in [0.15, 0.2) is 36.4 Å². The molecule has 9 heteroatoms. The number of anilines is 3. The summed E-state index contributed by atoms with van der Waals surface area (Å²) in [6.07, 6.45) is 1.58. The lowest BCUT2D eigenvalue weighted by Crippen LogP contribution is -2.40. The van der Waals surface area contributed by atoms with E-state index in [2.05, 4.69) is 15.6 Å². The van der Waals surface area contributed by atoms with Crippen molar-refractivity contribution in [1.82, 2.24) is 4.98 Å². The Bertz CT molecular complexity index is 1130. The first-order valence-corrected chi connectivity index (χ1v) is 10.8. The van der Waals surface area contributed by atoms with Crippen molar-refractivity contribution in [2.45, 2.75) is 19.8 Å². The van der Waals surface area contributed by atoms with Crippen LogP contribution in [0.1, 0.15) is 19.8 Å². The first-order chi connectivity index (χ1) is 14.9. The minimum absolute atomic E-state index is 0.129. The highest BCUT2D eigenvalue weighted by molar-refractivity contribution is 7.22. The van der Waals surface area contributed by atoms with Crippen molar-refractivity contribution in [2.24, 2.45) is 5.92 Å². The molecule has 1 fully saturated rings. The molecule has 0 spiro atoms. The summed E-state index contributed by atoms with van der Waals surface area (Å²) in [5.74, 6) is -0.401. The number of piperidine rings is 1. The number of nitrogens with one attached hydrogen (secondary N) is 2. The van der Waals surface area contributed by atoms with E-state index in [-0.39, 0.29) is 23.5 Å². The second kappa shape index (κ2) is 8.89. The zero-order valence-electron chi connectivity index (χ0n) is 17.3. The van der Waals surface area contributed by atoms with Crippen LogP contribution in [0.25, 0.3) is 10.2 Å². The minimum atomic E-state index is -0.336. The highest BCUT2D eigenvalue weighted by atomic mass is 32.1. The molecular formula is C22H23FN4O3S. The van der Waals surface area contributed by atoms with Crippen LogP contribution < -0.4 is 20.3 Å². The third-order valence-corrected chi connectivity index (χ3v) is 6.28. The lowest BCUT2D eigenvalue weighted by atomic mass is 9.97. The molecule has 2 N–H and O–H groups in total. The van der Waals surface area contributed by atoms with Crippen LogP contribution in [0, 0.1) is 11.7 Å². The van der Waals surface area contributed by atoms with E-state index >= 15 is 0 Å². The molecule has 0 saturated carbocycles. The van der Waals surface area contributed by atoms with Gasteiger partial charge in [0.25, 0.3) is 0 Å². The van der Waals surface area contributed by atoms with E-state index in [1.807, 2.05) is 11.0 Å². The van der Waals surface area contributed by atoms with Gasteiger partial charge in [-0.1, -0.05) is 17.4 Å². The van der Waals surface area contributed by atoms with Crippen molar-refractivity contribution in [3.63, 3.8) is 0 Å². The summed E-state index contributed by atoms with van der Waals surface area (Å²) in [6, 6.07) is 10.0. The normalized spacial score (nSPS) is 16.2. The number of hydrogen-bond donors (Lipinski definition) is 2. The molecule has 1 unspecified atom stereocenters. The summed E-state index contributed by atoms with van der Waals surface area (Å²) >= 11 is 1.43. The fourth-order valence-corrected chi connectivity index (χ4v) is 4.74. The maximum atomic E-state index is 14.0. The maximum Gasteiger partial charge on any atom is 0.229 e. The van der Waals surface area contributed by atoms with Gasteiger partial charge >= 0.3 is 0 Å². The smallest absolute Gasteiger partial charge is 0.229 e. The molecule has 162 valence electrons. The molecule has 1 aromatic heterocycles. The lowest BCUT2D eigenvalue weighted by Gasteiger charge is -2.31. The van der Waals surface area contributed by atoms with E-state index in [9.17, 15) is 14.0 Å². The third-order valence-electron chi connectivity index (χ3n) is 5.20. The molecule has 0 aliphatic carbocycles. The summed E-state index contributed by atoms with van der Waals surface area (Å²) in [4.78, 5) is 30.9. The monoisotopic (exact) mass is 442 g/mol. The minimum Gasteiger partial charge on any atom is -0.495 e. The van der Waals surface area contributed by atoms with E-state index in [0.717, 1.165) is 29.2 Å². The number of thiazole rings is 1. The predicted molar refractivity (Wildman–Crippen MR) is 120 cm³/mol. The number of carbonyl (C=O) groups is 2. The van der Waals surface area contributed by atoms with Gasteiger partial charge in [0, 0.05) is 25.7 Å². The number of benzene rings is 2. The fourth-order valence-electron chi connectivity index (χ4n) is 3.72. The summed E-state index contributed by atoms with van der Waals surface area (Å²) in [5.41, 5.74) is 1.44. The highest BCUT2D eigenvalue weighted by Gasteiger charge is 2.28. The molecule has 31 heavy (non-hydrogen) atoms. The topological polar surface area (TPSA) is 83.6 Å². The number of amides is 2. The number of carbonyl (C=O) groups excluding carboxylic acids is 2. The van der Waals surface area contributed by atoms with Crippen LogP contribution in [0.5, 0.6) is 5.75 Å². The van der Waals surface area contributed by atoms with E-state index < -0.39 is 0 Å². The molecule has 7 nitrogen and oxygen atoms in total. The van der Waals surface area contributed by atoms with Gasteiger partial charge in [-0.15, -0.1) is 0 Å². The zero-order chi connectivity index (χ0) is 22.0. The molecule has 1 aliphatic rings. The van der Waals surface area contributed by atoms with Crippen LogP contribution in [-0.2, 0) is 9.59 Å². The van der Waals surface area contributed by atoms with Gasteiger partial charge in [-0.2, -0.15) is 0 Å². The molecule has 4 rings (SSSR count). The Hall–Kier alpha value is -3.20. The van der Waals surface area contributed by atoms with Gasteiger partial charge in [0.1, 0.15) is 17.1 Å². The SMILES string of the molecule is COc1ccc(NC(C)=O)cc1NC(=O)C1CCCN(c2nc3c(F)cccc3s2)C1. The molecular weight excluding hydrogens is 419 g/mol. The standard InChI is InChI=1S/C22H23FN4O3S/c1-13(28)24-15-8-9-18(30-2)17(11-15)25-21(29)14-5-4-10-27(12-14)22-26-20-16(23)6-3-7-19(20)31-22/h3,6-9,11,14H,4-5,10,12H2,1-2H3,(H,24,28)(H,25,29). The van der Waals surface area contributed by atoms with Crippen LogP contribution in [-0.4, -0.2) is 37.0 Å². The number of aromatic nitrogens is 1. The second-order valence-electron chi connectivity index (χ2n) is 7.45. The zero-order valence-corrected chi connectivity index (χ0v) is 18.1. The quantitative estimate of drug-likeness (QED) is 0.617. The van der Waals surface area contributed by atoms with E-state index in [4.69, 9.17) is 4.74 Å². The Balaban J connectivity index is 1.50. The van der Waals surface area contributed by atoms with Crippen molar-refractivity contribution in [3.05, 3.63) is 42.2 Å². The van der Waals surface area contributed by atoms with Crippen molar-refractivity contribution >= 4 is 49.9 Å². The lowest BCUT2D eigenvalue weighted by molar-refractivity contribution is -0.120. The summed E-state index contributed by atoms with van der Waals surface area (Å²) in [5, 5.41) is 6.36. The number of halogens is 1. The van der Waals surface area contributed by atoms with Gasteiger partial charge in [-0.3, -0.25) is 9.59 Å². The van der Waals surface area contributed by atoms with E-state index in [0.29, 0.717) is 29.2 Å². The Morgan fingerprint density at radius 3 is 2.84 bits per heavy atom. The summed E-state index contributed by atoms with van der Waals surface area (Å²) in [7, 11) is 1.53. The van der Waals surface area contributed by atoms with Gasteiger partial charge in [0.05, 0.1) is 23.4 Å². The van der Waals surface area contributed by atoms with Crippen LogP contribution >= 0.6 is 11.3 Å². The largest absolute Gasteiger partial charge is 0.495 e. The fraction of sp³-hybridized carbons (Fsp3) is 0.318. The molecule has 2 heterocycles. The molecule has 1 saturated heterocycles. The highest BCUT2D eigenvalue weighted by Crippen LogP contribution is 2.34. The first kappa shape index (κ1) is 21.0. The second-order valence-corrected chi connectivity index (χ2v) is 8.46. The van der Waals surface area contributed by atoms with Crippen molar-refractivity contribution in [3.8, 4) is 5.75 Å². The van der Waals surface area contributed by atoms with Gasteiger partial charge in [0.15, 0.2) is 5.13 Å². The van der Waals surface area contributed by atoms with E-state index in [1.165, 1.54) is 31.4 Å². The Morgan fingerprint density at radius 2 is 2.10 bits per heavy atom. The molecule has 2 aromatic carbocycles. The number of para-hydroxylation sites is 1. The Labute approximate surface area is 183 Å². The summed E-state index contributed by atoms with van der Waals surface area (Å²) < 4.78 is 20.2. The number of ether oxygens (including phenoxy) is 1. The summed E-state index contributed by atoms with van der Waals surface area (Å²) in [6.45, 7) is 2.69. The molecule has 2 amide bonds. The number of methoxy groups -OCH3 is 1. The molecule has 1 atom stereocenters. The number of fused-ring (bicyclic) bond motifs is 1. The average molecular weight is 443 g/mol. The number of rotatable bonds is 5. The Kier molecular flexibility index (Phi) is 6.03. The molecule has 1 aliphatic heterocycles. The molecule has 0 bridgehead atoms. The predicted octanol–water partition coefficient (Wildman–Crippen LogP) is 4.26. The van der Waals surface area contributed by atoms with Crippen LogP contribution in [0.3, 0.4) is 0 Å². The van der Waals surface area contributed by atoms with E-state index in [1.54, 1.807) is 24.3 Å². The number of hydrogen-bond acceptors (Lipinski definition) is 6. The van der Waals surface area contributed by atoms with Gasteiger partial charge < -0.3 is 20.3 Å². The molecule has 3 aromatic rings. The number of nitrogens with zero attached hydrogens (tertiary/aromatic N) is 2. The van der Waals surface area contributed by atoms with Crippen molar-refractivity contribution < 1.29 is 18.7 Å². The first-order valence-electron chi connectivity index (χ1n) is 10.0. The van der Waals surface area contributed by atoms with Gasteiger partial charge in [-0.25, -0.2) is 9.37 Å². The van der Waals surface area contributed by atoms with Crippen LogP contribution in [0.4, 0.5) is 20.9 Å². The third kappa shape index (κ3) is 4.61. The van der Waals surface area contributed by atoms with Crippen molar-refractivity contribution in [1.29, 1.82) is 0 Å². The average Bonchev–Trinajstić information content (AvgIpc) is 3.19. The van der Waals surface area contributed by atoms with Crippen molar-refractivity contribution in [2.75, 3.05) is 35.7 Å². The maximum absolute atomic E-state index is 14.0. The Morgan fingerprint density at radius 1 is 1.26 bits per heavy atom. The molecule has 0 radical (unpaired) electrons. The van der Waals surface area contributed by atoms with Gasteiger partial charge in [-0.05, 0) is 43.2 Å².